The SMILES string of the molecule is CN[C@@H](COC(C)(C)C)C(=O)C(C)C.CN[C@@H](COC(C)(C)C)C(=O)OC(=O)C(C)(C)C.CN[C@@H](COC(C)(C)C)C(=O)Oc1ccc([N+](=O)[O-])cc1. The smallest absolute Gasteiger partial charge is 0.333 e. The molecule has 1 rings (SSSR count). The Morgan fingerprint density at radius 1 is 0.642 bits per heavy atom. The minimum absolute atomic E-state index is 0.0519. The number of carbonyl (C=O) groups excluding carboxylic acids is 4. The zero-order chi connectivity index (χ0) is 42.0. The number of benzene rings is 1. The number of hydrogen-bond donors (Lipinski definition) is 3. The lowest BCUT2D eigenvalue weighted by Crippen LogP contribution is -2.43. The van der Waals surface area contributed by atoms with E-state index in [1.54, 1.807) is 41.9 Å². The molecule has 0 aliphatic rings. The Bertz CT molecular complexity index is 1270. The van der Waals surface area contributed by atoms with Crippen LogP contribution >= 0.6 is 0 Å². The van der Waals surface area contributed by atoms with Gasteiger partial charge in [-0.3, -0.25) is 19.7 Å². The zero-order valence-corrected chi connectivity index (χ0v) is 35.2. The fourth-order valence-electron chi connectivity index (χ4n) is 3.39. The van der Waals surface area contributed by atoms with Crippen molar-refractivity contribution < 1.29 is 47.8 Å². The van der Waals surface area contributed by atoms with Crippen LogP contribution in [0.1, 0.15) is 96.9 Å². The third kappa shape index (κ3) is 25.3. The van der Waals surface area contributed by atoms with Gasteiger partial charge in [0, 0.05) is 18.1 Å². The number of nitrogens with zero attached hydrogens (tertiary/aromatic N) is 1. The molecular formula is C38H68N4O11. The summed E-state index contributed by atoms with van der Waals surface area (Å²) in [6.07, 6.45) is 0. The standard InChI is InChI=1S/C14H20N2O5.C13H25NO4.C11H23NO2/c1-14(2,3)20-9-12(15-4)13(17)21-11-7-5-10(6-8-11)16(18)19;1-12(2,3)11(16)18-10(15)9(14-7)8-17-13(4,5)6;1-8(2)10(13)9(12-6)7-14-11(3,4)5/h5-8,12,15H,9H2,1-4H3;9,14H,8H2,1-7H3;8-9,12H,7H2,1-6H3/t12-;2*9-/m000/s1. The maximum atomic E-state index is 12.0. The molecule has 0 bridgehead atoms. The lowest BCUT2D eigenvalue weighted by molar-refractivity contribution is -0.384. The van der Waals surface area contributed by atoms with Crippen molar-refractivity contribution in [1.82, 2.24) is 16.0 Å². The number of nitro groups is 1. The van der Waals surface area contributed by atoms with Crippen molar-refractivity contribution in [2.45, 2.75) is 132 Å². The fraction of sp³-hybridized carbons (Fsp3) is 0.737. The average molecular weight is 757 g/mol. The number of hydrogen-bond acceptors (Lipinski definition) is 14. The third-order valence-corrected chi connectivity index (χ3v) is 6.65. The normalized spacial score (nSPS) is 13.7. The molecule has 0 radical (unpaired) electrons. The largest absolute Gasteiger partial charge is 0.425 e. The first kappa shape index (κ1) is 51.8. The van der Waals surface area contributed by atoms with Gasteiger partial charge in [-0.2, -0.15) is 0 Å². The van der Waals surface area contributed by atoms with Gasteiger partial charge in [-0.15, -0.1) is 0 Å². The zero-order valence-electron chi connectivity index (χ0n) is 35.2. The van der Waals surface area contributed by atoms with Crippen LogP contribution in [0.25, 0.3) is 0 Å². The summed E-state index contributed by atoms with van der Waals surface area (Å²) in [5.41, 5.74) is -1.65. The van der Waals surface area contributed by atoms with Gasteiger partial charge in [-0.1, -0.05) is 13.8 Å². The summed E-state index contributed by atoms with van der Waals surface area (Å²) in [5, 5.41) is 19.1. The molecule has 1 aromatic rings. The van der Waals surface area contributed by atoms with Crippen LogP contribution in [-0.4, -0.2) is 105 Å². The first-order valence-electron chi connectivity index (χ1n) is 17.7. The van der Waals surface area contributed by atoms with Gasteiger partial charge in [-0.25, -0.2) is 9.59 Å². The summed E-state index contributed by atoms with van der Waals surface area (Å²) in [6.45, 7) is 27.0. The highest BCUT2D eigenvalue weighted by atomic mass is 16.6. The summed E-state index contributed by atoms with van der Waals surface area (Å²) in [5.74, 6) is -1.14. The van der Waals surface area contributed by atoms with Crippen molar-refractivity contribution in [3.8, 4) is 5.75 Å². The molecule has 53 heavy (non-hydrogen) atoms. The van der Waals surface area contributed by atoms with E-state index in [1.807, 2.05) is 76.2 Å². The highest BCUT2D eigenvalue weighted by Crippen LogP contribution is 2.19. The number of esters is 3. The van der Waals surface area contributed by atoms with E-state index in [-0.39, 0.29) is 59.2 Å². The molecule has 0 heterocycles. The van der Waals surface area contributed by atoms with E-state index < -0.39 is 40.3 Å². The summed E-state index contributed by atoms with van der Waals surface area (Å²) in [7, 11) is 5.05. The molecule has 0 saturated heterocycles. The van der Waals surface area contributed by atoms with Crippen molar-refractivity contribution >= 4 is 29.4 Å². The van der Waals surface area contributed by atoms with Crippen molar-refractivity contribution in [1.29, 1.82) is 0 Å². The number of ether oxygens (including phenoxy) is 5. The second-order valence-electron chi connectivity index (χ2n) is 16.5. The molecule has 0 unspecified atom stereocenters. The number of ketones is 1. The molecule has 0 saturated carbocycles. The molecule has 0 aromatic heterocycles. The molecular weight excluding hydrogens is 688 g/mol. The molecule has 0 spiro atoms. The molecule has 306 valence electrons. The first-order chi connectivity index (χ1) is 24.0. The maximum absolute atomic E-state index is 12.0. The number of carbonyl (C=O) groups is 4. The van der Waals surface area contributed by atoms with E-state index >= 15 is 0 Å². The monoisotopic (exact) mass is 756 g/mol. The Morgan fingerprint density at radius 3 is 1.30 bits per heavy atom. The Balaban J connectivity index is 0. The van der Waals surface area contributed by atoms with Crippen LogP contribution in [0.4, 0.5) is 5.69 Å². The minimum atomic E-state index is -0.696. The van der Waals surface area contributed by atoms with Crippen molar-refractivity contribution in [2.75, 3.05) is 41.0 Å². The minimum Gasteiger partial charge on any atom is -0.425 e. The van der Waals surface area contributed by atoms with Crippen molar-refractivity contribution in [3.05, 3.63) is 34.4 Å². The molecule has 3 N–H and O–H groups in total. The van der Waals surface area contributed by atoms with Gasteiger partial charge in [0.25, 0.3) is 5.69 Å². The quantitative estimate of drug-likeness (QED) is 0.0710. The van der Waals surface area contributed by atoms with Crippen LogP contribution in [0.3, 0.4) is 0 Å². The summed E-state index contributed by atoms with van der Waals surface area (Å²) >= 11 is 0. The number of non-ortho nitro benzene ring substituents is 1. The van der Waals surface area contributed by atoms with Crippen LogP contribution in [-0.2, 0) is 38.1 Å². The average Bonchev–Trinajstić information content (AvgIpc) is 3.00. The maximum Gasteiger partial charge on any atom is 0.333 e. The van der Waals surface area contributed by atoms with Gasteiger partial charge in [0.1, 0.15) is 17.8 Å². The molecule has 15 nitrogen and oxygen atoms in total. The van der Waals surface area contributed by atoms with E-state index in [2.05, 4.69) is 16.0 Å². The lowest BCUT2D eigenvalue weighted by atomic mass is 9.97. The molecule has 0 fully saturated rings. The van der Waals surface area contributed by atoms with Gasteiger partial charge < -0.3 is 39.6 Å². The predicted octanol–water partition coefficient (Wildman–Crippen LogP) is 5.02. The first-order valence-corrected chi connectivity index (χ1v) is 17.7. The van der Waals surface area contributed by atoms with E-state index in [0.717, 1.165) is 0 Å². The lowest BCUT2D eigenvalue weighted by Gasteiger charge is -2.24. The molecule has 1 aromatic carbocycles. The van der Waals surface area contributed by atoms with Crippen LogP contribution < -0.4 is 20.7 Å². The van der Waals surface area contributed by atoms with Gasteiger partial charge >= 0.3 is 17.9 Å². The van der Waals surface area contributed by atoms with E-state index in [1.165, 1.54) is 24.3 Å². The Labute approximate surface area is 317 Å². The molecule has 3 atom stereocenters. The fourth-order valence-corrected chi connectivity index (χ4v) is 3.39. The summed E-state index contributed by atoms with van der Waals surface area (Å²) in [4.78, 5) is 57.0. The Kier molecular flexibility index (Phi) is 22.9. The van der Waals surface area contributed by atoms with E-state index in [0.29, 0.717) is 6.61 Å². The number of rotatable bonds is 15. The number of Topliss-reactive ketones (excluding diaryl/α,β-unsaturated/α-hetero) is 1. The van der Waals surface area contributed by atoms with Crippen LogP contribution in [0.5, 0.6) is 5.75 Å². The van der Waals surface area contributed by atoms with Gasteiger partial charge in [0.05, 0.1) is 53.0 Å². The number of likely N-dealkylation sites (N-methyl/N-ethyl adjacent to an activating group) is 3. The Morgan fingerprint density at radius 2 is 1.00 bits per heavy atom. The van der Waals surface area contributed by atoms with Crippen molar-refractivity contribution in [2.24, 2.45) is 11.3 Å². The predicted molar refractivity (Wildman–Crippen MR) is 205 cm³/mol. The van der Waals surface area contributed by atoms with Gasteiger partial charge in [0.15, 0.2) is 5.78 Å². The summed E-state index contributed by atoms with van der Waals surface area (Å²) in [6, 6.07) is 3.88. The second-order valence-corrected chi connectivity index (χ2v) is 16.5. The highest BCUT2D eigenvalue weighted by Gasteiger charge is 2.30. The Hall–Kier alpha value is -3.34. The second kappa shape index (κ2) is 23.4. The highest BCUT2D eigenvalue weighted by molar-refractivity contribution is 5.90. The summed E-state index contributed by atoms with van der Waals surface area (Å²) < 4.78 is 26.6. The van der Waals surface area contributed by atoms with Crippen LogP contribution in [0.15, 0.2) is 24.3 Å². The van der Waals surface area contributed by atoms with Crippen LogP contribution in [0, 0.1) is 21.4 Å². The molecule has 0 aliphatic heterocycles. The van der Waals surface area contributed by atoms with Gasteiger partial charge in [-0.05, 0) is 116 Å². The number of nitro benzene ring substituents is 1. The number of nitrogens with one attached hydrogen (secondary N) is 3. The van der Waals surface area contributed by atoms with Crippen molar-refractivity contribution in [3.63, 3.8) is 0 Å². The van der Waals surface area contributed by atoms with Crippen LogP contribution in [0.2, 0.25) is 0 Å². The molecule has 0 amide bonds. The van der Waals surface area contributed by atoms with Gasteiger partial charge in [0.2, 0.25) is 0 Å². The molecule has 15 heteroatoms. The van der Waals surface area contributed by atoms with E-state index in [9.17, 15) is 29.3 Å². The topological polar surface area (TPSA) is 194 Å². The molecule has 0 aliphatic carbocycles. The van der Waals surface area contributed by atoms with E-state index in [4.69, 9.17) is 23.7 Å². The third-order valence-electron chi connectivity index (χ3n) is 6.65.